The first-order chi connectivity index (χ1) is 10.0. The third kappa shape index (κ3) is 3.85. The Bertz CT molecular complexity index is 606. The molecule has 0 bridgehead atoms. The SMILES string of the molecule is COc1cccc(C(C)NC(C)c2ccc(C)cc2C)c1. The maximum absolute atomic E-state index is 5.30. The van der Waals surface area contributed by atoms with E-state index < -0.39 is 0 Å². The third-order valence-corrected chi connectivity index (χ3v) is 3.99. The maximum Gasteiger partial charge on any atom is 0.119 e. The fourth-order valence-electron chi connectivity index (χ4n) is 2.78. The van der Waals surface area contributed by atoms with Gasteiger partial charge in [0.05, 0.1) is 7.11 Å². The second kappa shape index (κ2) is 6.77. The quantitative estimate of drug-likeness (QED) is 0.857. The van der Waals surface area contributed by atoms with Crippen LogP contribution in [0.25, 0.3) is 0 Å². The molecule has 0 saturated heterocycles. The standard InChI is InChI=1S/C19H25NO/c1-13-9-10-19(14(2)11-13)16(4)20-15(3)17-7-6-8-18(12-17)21-5/h6-12,15-16,20H,1-5H3. The van der Waals surface area contributed by atoms with Crippen molar-refractivity contribution in [1.29, 1.82) is 0 Å². The van der Waals surface area contributed by atoms with Gasteiger partial charge in [-0.05, 0) is 56.5 Å². The van der Waals surface area contributed by atoms with Crippen molar-refractivity contribution in [1.82, 2.24) is 5.32 Å². The van der Waals surface area contributed by atoms with Crippen molar-refractivity contribution < 1.29 is 4.74 Å². The highest BCUT2D eigenvalue weighted by molar-refractivity contribution is 5.34. The van der Waals surface area contributed by atoms with Gasteiger partial charge in [0, 0.05) is 12.1 Å². The highest BCUT2D eigenvalue weighted by Gasteiger charge is 2.13. The van der Waals surface area contributed by atoms with Crippen LogP contribution in [0.1, 0.15) is 48.2 Å². The Labute approximate surface area is 128 Å². The Kier molecular flexibility index (Phi) is 5.03. The first kappa shape index (κ1) is 15.6. The van der Waals surface area contributed by atoms with Crippen LogP contribution in [0, 0.1) is 13.8 Å². The van der Waals surface area contributed by atoms with Gasteiger partial charge in [-0.1, -0.05) is 35.9 Å². The fraction of sp³-hybridized carbons (Fsp3) is 0.368. The number of aryl methyl sites for hydroxylation is 2. The highest BCUT2D eigenvalue weighted by atomic mass is 16.5. The molecule has 0 aliphatic rings. The van der Waals surface area contributed by atoms with Gasteiger partial charge in [0.15, 0.2) is 0 Å². The molecule has 1 N–H and O–H groups in total. The van der Waals surface area contributed by atoms with Gasteiger partial charge in [-0.3, -0.25) is 0 Å². The molecule has 0 amide bonds. The number of rotatable bonds is 5. The van der Waals surface area contributed by atoms with Crippen LogP contribution >= 0.6 is 0 Å². The van der Waals surface area contributed by atoms with E-state index in [0.29, 0.717) is 6.04 Å². The molecule has 2 aromatic rings. The molecule has 0 saturated carbocycles. The zero-order valence-corrected chi connectivity index (χ0v) is 13.6. The first-order valence-corrected chi connectivity index (χ1v) is 7.48. The summed E-state index contributed by atoms with van der Waals surface area (Å²) >= 11 is 0. The number of hydrogen-bond acceptors (Lipinski definition) is 2. The molecule has 0 aromatic heterocycles. The van der Waals surface area contributed by atoms with Crippen LogP contribution < -0.4 is 10.1 Å². The molecule has 2 rings (SSSR count). The lowest BCUT2D eigenvalue weighted by atomic mass is 9.98. The van der Waals surface area contributed by atoms with Crippen LogP contribution in [-0.2, 0) is 0 Å². The van der Waals surface area contributed by atoms with E-state index in [9.17, 15) is 0 Å². The van der Waals surface area contributed by atoms with E-state index in [2.05, 4.69) is 63.3 Å². The van der Waals surface area contributed by atoms with Crippen molar-refractivity contribution in [3.63, 3.8) is 0 Å². The summed E-state index contributed by atoms with van der Waals surface area (Å²) in [5.74, 6) is 0.903. The Morgan fingerprint density at radius 2 is 1.71 bits per heavy atom. The van der Waals surface area contributed by atoms with Gasteiger partial charge in [-0.2, -0.15) is 0 Å². The summed E-state index contributed by atoms with van der Waals surface area (Å²) in [6.07, 6.45) is 0. The molecule has 0 fully saturated rings. The lowest BCUT2D eigenvalue weighted by molar-refractivity contribution is 0.412. The molecule has 0 heterocycles. The fourth-order valence-corrected chi connectivity index (χ4v) is 2.78. The van der Waals surface area contributed by atoms with Gasteiger partial charge in [0.25, 0.3) is 0 Å². The van der Waals surface area contributed by atoms with E-state index in [1.54, 1.807) is 7.11 Å². The predicted octanol–water partition coefficient (Wildman–Crippen LogP) is 4.72. The molecule has 2 heteroatoms. The molecule has 112 valence electrons. The highest BCUT2D eigenvalue weighted by Crippen LogP contribution is 2.24. The largest absolute Gasteiger partial charge is 0.497 e. The zero-order chi connectivity index (χ0) is 15.4. The molecule has 2 nitrogen and oxygen atoms in total. The Morgan fingerprint density at radius 3 is 2.38 bits per heavy atom. The monoisotopic (exact) mass is 283 g/mol. The lowest BCUT2D eigenvalue weighted by Gasteiger charge is -2.22. The van der Waals surface area contributed by atoms with Crippen molar-refractivity contribution in [2.75, 3.05) is 7.11 Å². The Hall–Kier alpha value is -1.80. The minimum absolute atomic E-state index is 0.274. The summed E-state index contributed by atoms with van der Waals surface area (Å²) in [7, 11) is 1.70. The molecule has 0 aliphatic heterocycles. The van der Waals surface area contributed by atoms with Gasteiger partial charge >= 0.3 is 0 Å². The van der Waals surface area contributed by atoms with Gasteiger partial charge in [0.2, 0.25) is 0 Å². The smallest absolute Gasteiger partial charge is 0.119 e. The van der Waals surface area contributed by atoms with Crippen molar-refractivity contribution in [3.8, 4) is 5.75 Å². The molecular weight excluding hydrogens is 258 g/mol. The minimum Gasteiger partial charge on any atom is -0.497 e. The topological polar surface area (TPSA) is 21.3 Å². The molecule has 0 aliphatic carbocycles. The van der Waals surface area contributed by atoms with Crippen LogP contribution in [0.15, 0.2) is 42.5 Å². The van der Waals surface area contributed by atoms with Crippen LogP contribution in [0.4, 0.5) is 0 Å². The molecule has 2 unspecified atom stereocenters. The van der Waals surface area contributed by atoms with E-state index in [4.69, 9.17) is 4.74 Å². The Morgan fingerprint density at radius 1 is 0.952 bits per heavy atom. The molecular formula is C19H25NO. The van der Waals surface area contributed by atoms with Crippen LogP contribution in [0.5, 0.6) is 5.75 Å². The van der Waals surface area contributed by atoms with E-state index in [-0.39, 0.29) is 6.04 Å². The van der Waals surface area contributed by atoms with Crippen molar-refractivity contribution in [2.24, 2.45) is 0 Å². The number of ether oxygens (including phenoxy) is 1. The maximum atomic E-state index is 5.30. The number of benzene rings is 2. The average molecular weight is 283 g/mol. The molecule has 0 spiro atoms. The third-order valence-electron chi connectivity index (χ3n) is 3.99. The Balaban J connectivity index is 2.12. The van der Waals surface area contributed by atoms with Crippen molar-refractivity contribution >= 4 is 0 Å². The summed E-state index contributed by atoms with van der Waals surface area (Å²) in [6, 6.07) is 15.5. The summed E-state index contributed by atoms with van der Waals surface area (Å²) in [6.45, 7) is 8.72. The second-order valence-corrected chi connectivity index (χ2v) is 5.75. The molecule has 2 atom stereocenters. The second-order valence-electron chi connectivity index (χ2n) is 5.75. The van der Waals surface area contributed by atoms with Gasteiger partial charge in [0.1, 0.15) is 5.75 Å². The molecule has 0 radical (unpaired) electrons. The normalized spacial score (nSPS) is 13.8. The number of methoxy groups -OCH3 is 1. The van der Waals surface area contributed by atoms with E-state index in [1.165, 1.54) is 22.3 Å². The number of nitrogens with one attached hydrogen (secondary N) is 1. The van der Waals surface area contributed by atoms with Gasteiger partial charge in [-0.25, -0.2) is 0 Å². The summed E-state index contributed by atoms with van der Waals surface area (Å²) in [5.41, 5.74) is 5.25. The zero-order valence-electron chi connectivity index (χ0n) is 13.6. The molecule has 21 heavy (non-hydrogen) atoms. The van der Waals surface area contributed by atoms with E-state index >= 15 is 0 Å². The minimum atomic E-state index is 0.274. The average Bonchev–Trinajstić information content (AvgIpc) is 2.47. The summed E-state index contributed by atoms with van der Waals surface area (Å²) in [5, 5.41) is 3.67. The first-order valence-electron chi connectivity index (χ1n) is 7.48. The van der Waals surface area contributed by atoms with E-state index in [0.717, 1.165) is 5.75 Å². The van der Waals surface area contributed by atoms with Crippen molar-refractivity contribution in [2.45, 2.75) is 39.8 Å². The number of hydrogen-bond donors (Lipinski definition) is 1. The van der Waals surface area contributed by atoms with Crippen LogP contribution in [0.3, 0.4) is 0 Å². The summed E-state index contributed by atoms with van der Waals surface area (Å²) < 4.78 is 5.30. The lowest BCUT2D eigenvalue weighted by Crippen LogP contribution is -2.23. The summed E-state index contributed by atoms with van der Waals surface area (Å²) in [4.78, 5) is 0. The van der Waals surface area contributed by atoms with Crippen LogP contribution in [-0.4, -0.2) is 7.11 Å². The molecule has 2 aromatic carbocycles. The van der Waals surface area contributed by atoms with Gasteiger partial charge in [-0.15, -0.1) is 0 Å². The van der Waals surface area contributed by atoms with E-state index in [1.807, 2.05) is 12.1 Å². The van der Waals surface area contributed by atoms with Crippen molar-refractivity contribution in [3.05, 3.63) is 64.7 Å². The van der Waals surface area contributed by atoms with Crippen LogP contribution in [0.2, 0.25) is 0 Å². The van der Waals surface area contributed by atoms with Gasteiger partial charge < -0.3 is 10.1 Å². The predicted molar refractivity (Wildman–Crippen MR) is 88.9 cm³/mol.